The van der Waals surface area contributed by atoms with Crippen molar-refractivity contribution < 1.29 is 18.6 Å². The standard InChI is InChI=1S/C27H28ClF2N5O3/c1-6-17(12-32-20(7-2)21-8-9-31-26(34-21)27(4,5)37)14-35-16(3)10-23(24(28)25(35)36)38-15-22-19(30)11-18(29)13-33-22/h7-14,37H,6,15H2,1-5H3/b17-14+,20-7-,32-12-. The van der Waals surface area contributed by atoms with Crippen LogP contribution in [0.15, 0.2) is 52.0 Å². The predicted octanol–water partition coefficient (Wildman–Crippen LogP) is 5.46. The van der Waals surface area contributed by atoms with Crippen molar-refractivity contribution in [1.82, 2.24) is 19.5 Å². The molecule has 0 aromatic carbocycles. The molecule has 0 unspecified atom stereocenters. The molecule has 3 rings (SSSR count). The fourth-order valence-electron chi connectivity index (χ4n) is 3.27. The van der Waals surface area contributed by atoms with Crippen LogP contribution in [0.4, 0.5) is 8.78 Å². The lowest BCUT2D eigenvalue weighted by Crippen LogP contribution is -2.20. The first-order valence-electron chi connectivity index (χ1n) is 11.8. The zero-order valence-electron chi connectivity index (χ0n) is 21.7. The average Bonchev–Trinajstić information content (AvgIpc) is 2.87. The molecule has 0 radical (unpaired) electrons. The van der Waals surface area contributed by atoms with E-state index < -0.39 is 22.8 Å². The maximum Gasteiger partial charge on any atom is 0.277 e. The van der Waals surface area contributed by atoms with Crippen LogP contribution in [0.3, 0.4) is 0 Å². The van der Waals surface area contributed by atoms with Gasteiger partial charge in [-0.05, 0) is 45.8 Å². The third-order valence-corrected chi connectivity index (χ3v) is 5.75. The second-order valence-corrected chi connectivity index (χ2v) is 9.20. The molecule has 38 heavy (non-hydrogen) atoms. The molecule has 11 heteroatoms. The Hall–Kier alpha value is -3.76. The largest absolute Gasteiger partial charge is 0.485 e. The van der Waals surface area contributed by atoms with E-state index in [0.29, 0.717) is 35.1 Å². The van der Waals surface area contributed by atoms with Gasteiger partial charge in [0.15, 0.2) is 11.6 Å². The molecule has 0 fully saturated rings. The highest BCUT2D eigenvalue weighted by Gasteiger charge is 2.20. The molecule has 3 aromatic heterocycles. The Balaban J connectivity index is 1.87. The fraction of sp³-hybridized carbons (Fsp3) is 0.296. The molecule has 0 saturated heterocycles. The van der Waals surface area contributed by atoms with Crippen molar-refractivity contribution in [1.29, 1.82) is 0 Å². The van der Waals surface area contributed by atoms with E-state index in [4.69, 9.17) is 16.3 Å². The summed E-state index contributed by atoms with van der Waals surface area (Å²) in [4.78, 5) is 29.7. The monoisotopic (exact) mass is 543 g/mol. The number of hydrogen-bond acceptors (Lipinski definition) is 7. The molecule has 0 amide bonds. The van der Waals surface area contributed by atoms with Gasteiger partial charge in [-0.2, -0.15) is 0 Å². The third kappa shape index (κ3) is 6.96. The molecule has 0 spiro atoms. The summed E-state index contributed by atoms with van der Waals surface area (Å²) in [6.07, 6.45) is 8.00. The minimum Gasteiger partial charge on any atom is -0.485 e. The average molecular weight is 544 g/mol. The van der Waals surface area contributed by atoms with E-state index in [9.17, 15) is 18.7 Å². The van der Waals surface area contributed by atoms with Gasteiger partial charge >= 0.3 is 0 Å². The lowest BCUT2D eigenvalue weighted by Gasteiger charge is -2.15. The quantitative estimate of drug-likeness (QED) is 0.359. The number of aliphatic imine (C=N–C) groups is 1. The molecule has 8 nitrogen and oxygen atoms in total. The maximum absolute atomic E-state index is 13.9. The molecule has 0 aliphatic carbocycles. The van der Waals surface area contributed by atoms with Crippen molar-refractivity contribution in [3.05, 3.63) is 92.2 Å². The molecule has 1 N–H and O–H groups in total. The number of aliphatic hydroxyl groups is 1. The topological polar surface area (TPSA) is 102 Å². The van der Waals surface area contributed by atoms with Gasteiger partial charge in [0, 0.05) is 36.4 Å². The molecular weight excluding hydrogens is 516 g/mol. The number of rotatable bonds is 9. The van der Waals surface area contributed by atoms with E-state index >= 15 is 0 Å². The van der Waals surface area contributed by atoms with E-state index in [1.54, 1.807) is 57.6 Å². The Kier molecular flexibility index (Phi) is 9.24. The van der Waals surface area contributed by atoms with Gasteiger partial charge in [-0.25, -0.2) is 18.7 Å². The number of ether oxygens (including phenoxy) is 1. The van der Waals surface area contributed by atoms with Crippen molar-refractivity contribution in [2.45, 2.75) is 53.2 Å². The number of allylic oxidation sites excluding steroid dienone is 2. The molecule has 3 heterocycles. The van der Waals surface area contributed by atoms with Crippen molar-refractivity contribution >= 4 is 29.7 Å². The minimum absolute atomic E-state index is 0.0543. The molecule has 3 aromatic rings. The first kappa shape index (κ1) is 28.8. The summed E-state index contributed by atoms with van der Waals surface area (Å²) in [6, 6.07) is 3.94. The first-order chi connectivity index (χ1) is 17.9. The Morgan fingerprint density at radius 3 is 2.66 bits per heavy atom. The summed E-state index contributed by atoms with van der Waals surface area (Å²) >= 11 is 6.27. The minimum atomic E-state index is -1.20. The summed E-state index contributed by atoms with van der Waals surface area (Å²) in [5, 5.41) is 10.0. The zero-order valence-corrected chi connectivity index (χ0v) is 22.4. The van der Waals surface area contributed by atoms with Crippen LogP contribution < -0.4 is 10.3 Å². The number of hydrogen-bond donors (Lipinski definition) is 1. The van der Waals surface area contributed by atoms with Crippen molar-refractivity contribution in [2.75, 3.05) is 0 Å². The van der Waals surface area contributed by atoms with Gasteiger partial charge in [0.05, 0.1) is 17.6 Å². The van der Waals surface area contributed by atoms with Gasteiger partial charge in [-0.1, -0.05) is 24.6 Å². The Bertz CT molecular complexity index is 1480. The smallest absolute Gasteiger partial charge is 0.277 e. The summed E-state index contributed by atoms with van der Waals surface area (Å²) in [6.45, 7) is 8.28. The third-order valence-electron chi connectivity index (χ3n) is 5.40. The maximum atomic E-state index is 13.9. The summed E-state index contributed by atoms with van der Waals surface area (Å²) in [5.41, 5.74) is 0.468. The predicted molar refractivity (Wildman–Crippen MR) is 143 cm³/mol. The van der Waals surface area contributed by atoms with Crippen LogP contribution >= 0.6 is 11.6 Å². The van der Waals surface area contributed by atoms with Gasteiger partial charge < -0.3 is 9.84 Å². The lowest BCUT2D eigenvalue weighted by molar-refractivity contribution is 0.0686. The van der Waals surface area contributed by atoms with Gasteiger partial charge in [-0.3, -0.25) is 19.3 Å². The molecule has 200 valence electrons. The van der Waals surface area contributed by atoms with E-state index in [0.717, 1.165) is 6.20 Å². The molecular formula is C27H28ClF2N5O3. The number of nitrogens with zero attached hydrogens (tertiary/aromatic N) is 5. The number of pyridine rings is 2. The molecule has 0 bridgehead atoms. The SMILES string of the molecule is C\C=C(/N=C\C(=C\n1c(C)cc(OCc2ncc(F)cc2F)c(Cl)c1=O)CC)c1ccnc(C(C)(C)O)n1. The Morgan fingerprint density at radius 1 is 1.29 bits per heavy atom. The van der Waals surface area contributed by atoms with Gasteiger partial charge in [0.1, 0.15) is 34.5 Å². The lowest BCUT2D eigenvalue weighted by atomic mass is 10.1. The van der Waals surface area contributed by atoms with Crippen molar-refractivity contribution in [3.63, 3.8) is 0 Å². The van der Waals surface area contributed by atoms with Gasteiger partial charge in [-0.15, -0.1) is 0 Å². The first-order valence-corrected chi connectivity index (χ1v) is 12.1. The van der Waals surface area contributed by atoms with Gasteiger partial charge in [0.2, 0.25) is 0 Å². The second kappa shape index (κ2) is 12.2. The van der Waals surface area contributed by atoms with E-state index in [2.05, 4.69) is 19.9 Å². The molecule has 0 atom stereocenters. The van der Waals surface area contributed by atoms with Gasteiger partial charge in [0.25, 0.3) is 5.56 Å². The van der Waals surface area contributed by atoms with E-state index in [1.807, 2.05) is 13.8 Å². The van der Waals surface area contributed by atoms with Crippen LogP contribution in [0.1, 0.15) is 57.0 Å². The number of aryl methyl sites for hydroxylation is 1. The fourth-order valence-corrected chi connectivity index (χ4v) is 3.47. The summed E-state index contributed by atoms with van der Waals surface area (Å²) in [7, 11) is 0. The normalized spacial score (nSPS) is 12.9. The molecule has 0 aliphatic heterocycles. The second-order valence-electron chi connectivity index (χ2n) is 8.82. The van der Waals surface area contributed by atoms with Crippen LogP contribution in [0.25, 0.3) is 11.9 Å². The summed E-state index contributed by atoms with van der Waals surface area (Å²) < 4.78 is 33.8. The highest BCUT2D eigenvalue weighted by Crippen LogP contribution is 2.24. The zero-order chi connectivity index (χ0) is 28.0. The van der Waals surface area contributed by atoms with Crippen LogP contribution in [0, 0.1) is 18.6 Å². The Morgan fingerprint density at radius 2 is 2.03 bits per heavy atom. The highest BCUT2D eigenvalue weighted by atomic mass is 35.5. The van der Waals surface area contributed by atoms with Crippen LogP contribution in [-0.4, -0.2) is 30.8 Å². The summed E-state index contributed by atoms with van der Waals surface area (Å²) in [5.74, 6) is -1.34. The molecule has 0 saturated carbocycles. The number of halogens is 3. The van der Waals surface area contributed by atoms with E-state index in [1.165, 1.54) is 4.57 Å². The van der Waals surface area contributed by atoms with Crippen LogP contribution in [0.5, 0.6) is 5.75 Å². The highest BCUT2D eigenvalue weighted by molar-refractivity contribution is 6.31. The Labute approximate surface area is 224 Å². The number of aromatic nitrogens is 4. The van der Waals surface area contributed by atoms with Crippen molar-refractivity contribution in [2.24, 2.45) is 4.99 Å². The van der Waals surface area contributed by atoms with Crippen molar-refractivity contribution in [3.8, 4) is 5.75 Å². The van der Waals surface area contributed by atoms with Crippen LogP contribution in [0.2, 0.25) is 5.02 Å². The molecule has 0 aliphatic rings. The van der Waals surface area contributed by atoms with Crippen LogP contribution in [-0.2, 0) is 12.2 Å². The van der Waals surface area contributed by atoms with E-state index in [-0.39, 0.29) is 28.9 Å².